The van der Waals surface area contributed by atoms with Gasteiger partial charge in [0.15, 0.2) is 0 Å². The van der Waals surface area contributed by atoms with Crippen LogP contribution in [0, 0.1) is 0 Å². The van der Waals surface area contributed by atoms with Crippen molar-refractivity contribution in [1.29, 1.82) is 0 Å². The second-order valence-electron chi connectivity index (χ2n) is 4.14. The van der Waals surface area contributed by atoms with Gasteiger partial charge in [-0.1, -0.05) is 18.2 Å². The van der Waals surface area contributed by atoms with E-state index in [0.29, 0.717) is 11.5 Å². The summed E-state index contributed by atoms with van der Waals surface area (Å²) in [5.74, 6) is 0.272. The van der Waals surface area contributed by atoms with Crippen molar-refractivity contribution in [2.24, 2.45) is 0 Å². The van der Waals surface area contributed by atoms with Gasteiger partial charge in [-0.3, -0.25) is 4.79 Å². The van der Waals surface area contributed by atoms with Crippen LogP contribution in [-0.4, -0.2) is 16.1 Å². The fourth-order valence-electron chi connectivity index (χ4n) is 1.79. The lowest BCUT2D eigenvalue weighted by atomic mass is 10.1. The summed E-state index contributed by atoms with van der Waals surface area (Å²) >= 11 is 0. The van der Waals surface area contributed by atoms with Crippen molar-refractivity contribution in [2.75, 3.05) is 5.32 Å². The zero-order valence-corrected chi connectivity index (χ0v) is 10.5. The molecule has 1 N–H and O–H groups in total. The average molecular weight is 265 g/mol. The fraction of sp³-hybridized carbons (Fsp3) is 0. The molecule has 0 atom stereocenters. The van der Waals surface area contributed by atoms with Gasteiger partial charge in [-0.15, -0.1) is 10.2 Å². The van der Waals surface area contributed by atoms with Gasteiger partial charge in [-0.2, -0.15) is 0 Å². The third-order valence-corrected chi connectivity index (χ3v) is 2.79. The van der Waals surface area contributed by atoms with Crippen molar-refractivity contribution >= 4 is 11.6 Å². The first kappa shape index (κ1) is 12.1. The van der Waals surface area contributed by atoms with E-state index in [0.717, 1.165) is 11.3 Å². The Balaban J connectivity index is 1.76. The third kappa shape index (κ3) is 2.56. The van der Waals surface area contributed by atoms with Gasteiger partial charge in [0.1, 0.15) is 0 Å². The van der Waals surface area contributed by atoms with E-state index in [2.05, 4.69) is 15.5 Å². The number of anilines is 1. The molecular weight excluding hydrogens is 254 g/mol. The van der Waals surface area contributed by atoms with Crippen molar-refractivity contribution in [3.63, 3.8) is 0 Å². The van der Waals surface area contributed by atoms with Gasteiger partial charge in [0.2, 0.25) is 12.3 Å². The predicted molar refractivity (Wildman–Crippen MR) is 74.1 cm³/mol. The van der Waals surface area contributed by atoms with Gasteiger partial charge in [0, 0.05) is 16.8 Å². The summed E-state index contributed by atoms with van der Waals surface area (Å²) in [5.41, 5.74) is 2.11. The standard InChI is InChI=1S/C15H11N3O2/c19-14(17-13-4-2-1-3-5-13)11-6-8-12(9-7-11)15-18-16-10-20-15/h1-10H,(H,17,19). The summed E-state index contributed by atoms with van der Waals surface area (Å²) in [6, 6.07) is 16.3. The number of nitrogens with one attached hydrogen (secondary N) is 1. The van der Waals surface area contributed by atoms with Gasteiger partial charge in [0.05, 0.1) is 0 Å². The molecule has 0 aliphatic heterocycles. The Morgan fingerprint density at radius 2 is 1.75 bits per heavy atom. The molecule has 1 aromatic heterocycles. The molecule has 0 saturated carbocycles. The van der Waals surface area contributed by atoms with Crippen molar-refractivity contribution in [3.8, 4) is 11.5 Å². The number of benzene rings is 2. The van der Waals surface area contributed by atoms with Crippen LogP contribution in [0.2, 0.25) is 0 Å². The molecule has 5 heteroatoms. The largest absolute Gasteiger partial charge is 0.423 e. The normalized spacial score (nSPS) is 10.2. The monoisotopic (exact) mass is 265 g/mol. The van der Waals surface area contributed by atoms with Gasteiger partial charge >= 0.3 is 0 Å². The Kier molecular flexibility index (Phi) is 3.24. The number of aromatic nitrogens is 2. The highest BCUT2D eigenvalue weighted by Gasteiger charge is 2.08. The maximum Gasteiger partial charge on any atom is 0.255 e. The molecule has 0 radical (unpaired) electrons. The number of para-hydroxylation sites is 1. The number of carbonyl (C=O) groups is 1. The van der Waals surface area contributed by atoms with E-state index in [9.17, 15) is 4.79 Å². The smallest absolute Gasteiger partial charge is 0.255 e. The highest BCUT2D eigenvalue weighted by Crippen LogP contribution is 2.17. The first-order valence-corrected chi connectivity index (χ1v) is 6.06. The minimum Gasteiger partial charge on any atom is -0.423 e. The molecule has 0 aliphatic carbocycles. The lowest BCUT2D eigenvalue weighted by Crippen LogP contribution is -2.11. The second kappa shape index (κ2) is 5.36. The van der Waals surface area contributed by atoms with E-state index in [1.807, 2.05) is 30.3 Å². The zero-order chi connectivity index (χ0) is 13.8. The van der Waals surface area contributed by atoms with Crippen LogP contribution in [0.1, 0.15) is 10.4 Å². The molecule has 3 aromatic rings. The molecule has 0 fully saturated rings. The zero-order valence-electron chi connectivity index (χ0n) is 10.5. The Labute approximate surface area is 115 Å². The van der Waals surface area contributed by atoms with Gasteiger partial charge < -0.3 is 9.73 Å². The lowest BCUT2D eigenvalue weighted by molar-refractivity contribution is 0.102. The molecule has 1 amide bonds. The number of hydrogen-bond donors (Lipinski definition) is 1. The Morgan fingerprint density at radius 3 is 2.40 bits per heavy atom. The summed E-state index contributed by atoms with van der Waals surface area (Å²) in [5, 5.41) is 10.2. The molecule has 0 bridgehead atoms. The molecular formula is C15H11N3O2. The molecule has 0 spiro atoms. The highest BCUT2D eigenvalue weighted by molar-refractivity contribution is 6.04. The van der Waals surface area contributed by atoms with Crippen molar-refractivity contribution in [3.05, 3.63) is 66.6 Å². The molecule has 3 rings (SSSR count). The van der Waals surface area contributed by atoms with Crippen LogP contribution in [0.3, 0.4) is 0 Å². The fourth-order valence-corrected chi connectivity index (χ4v) is 1.79. The summed E-state index contributed by atoms with van der Waals surface area (Å²) in [6.07, 6.45) is 1.27. The van der Waals surface area contributed by atoms with Crippen molar-refractivity contribution < 1.29 is 9.21 Å². The number of nitrogens with zero attached hydrogens (tertiary/aromatic N) is 2. The van der Waals surface area contributed by atoms with E-state index in [1.54, 1.807) is 24.3 Å². The van der Waals surface area contributed by atoms with Gasteiger partial charge in [-0.05, 0) is 36.4 Å². The van der Waals surface area contributed by atoms with Crippen LogP contribution < -0.4 is 5.32 Å². The van der Waals surface area contributed by atoms with E-state index in [-0.39, 0.29) is 5.91 Å². The highest BCUT2D eigenvalue weighted by atomic mass is 16.4. The Morgan fingerprint density at radius 1 is 1.00 bits per heavy atom. The van der Waals surface area contributed by atoms with Crippen molar-refractivity contribution in [1.82, 2.24) is 10.2 Å². The number of carbonyl (C=O) groups excluding carboxylic acids is 1. The van der Waals surface area contributed by atoms with Gasteiger partial charge in [0.25, 0.3) is 5.91 Å². The van der Waals surface area contributed by atoms with Crippen LogP contribution in [0.15, 0.2) is 65.4 Å². The number of hydrogen-bond acceptors (Lipinski definition) is 4. The molecule has 1 heterocycles. The van der Waals surface area contributed by atoms with Crippen LogP contribution in [0.4, 0.5) is 5.69 Å². The molecule has 0 aliphatic rings. The SMILES string of the molecule is O=C(Nc1ccccc1)c1ccc(-c2nnco2)cc1. The lowest BCUT2D eigenvalue weighted by Gasteiger charge is -2.05. The van der Waals surface area contributed by atoms with E-state index in [1.165, 1.54) is 6.39 Å². The quantitative estimate of drug-likeness (QED) is 0.790. The summed E-state index contributed by atoms with van der Waals surface area (Å²) in [7, 11) is 0. The van der Waals surface area contributed by atoms with E-state index < -0.39 is 0 Å². The van der Waals surface area contributed by atoms with Crippen molar-refractivity contribution in [2.45, 2.75) is 0 Å². The maximum atomic E-state index is 12.0. The number of rotatable bonds is 3. The molecule has 5 nitrogen and oxygen atoms in total. The topological polar surface area (TPSA) is 68.0 Å². The van der Waals surface area contributed by atoms with Crippen LogP contribution >= 0.6 is 0 Å². The van der Waals surface area contributed by atoms with Crippen LogP contribution in [-0.2, 0) is 0 Å². The average Bonchev–Trinajstić information content (AvgIpc) is 3.03. The molecule has 0 unspecified atom stereocenters. The van der Waals surface area contributed by atoms with E-state index >= 15 is 0 Å². The number of amides is 1. The minimum atomic E-state index is -0.159. The Bertz CT molecular complexity index is 692. The summed E-state index contributed by atoms with van der Waals surface area (Å²) in [6.45, 7) is 0. The van der Waals surface area contributed by atoms with Crippen LogP contribution in [0.25, 0.3) is 11.5 Å². The molecule has 98 valence electrons. The maximum absolute atomic E-state index is 12.0. The molecule has 0 saturated heterocycles. The predicted octanol–water partition coefficient (Wildman–Crippen LogP) is 2.99. The molecule has 20 heavy (non-hydrogen) atoms. The third-order valence-electron chi connectivity index (χ3n) is 2.79. The summed E-state index contributed by atoms with van der Waals surface area (Å²) < 4.78 is 5.09. The second-order valence-corrected chi connectivity index (χ2v) is 4.14. The van der Waals surface area contributed by atoms with Crippen LogP contribution in [0.5, 0.6) is 0 Å². The molecule has 2 aromatic carbocycles. The minimum absolute atomic E-state index is 0.159. The van der Waals surface area contributed by atoms with Gasteiger partial charge in [-0.25, -0.2) is 0 Å². The first-order valence-electron chi connectivity index (χ1n) is 6.06. The first-order chi connectivity index (χ1) is 9.83. The Hall–Kier alpha value is -2.95. The summed E-state index contributed by atoms with van der Waals surface area (Å²) in [4.78, 5) is 12.0. The van der Waals surface area contributed by atoms with E-state index in [4.69, 9.17) is 4.42 Å².